The molecule has 6 heteroatoms. The molecular weight excluding hydrogens is 420 g/mol. The first-order valence-corrected chi connectivity index (χ1v) is 12.1. The second-order valence-corrected chi connectivity index (χ2v) is 9.23. The summed E-state index contributed by atoms with van der Waals surface area (Å²) in [6.07, 6.45) is 1.87. The summed E-state index contributed by atoms with van der Waals surface area (Å²) in [5, 5.41) is 21.1. The Morgan fingerprint density at radius 3 is 1.55 bits per heavy atom. The molecule has 2 aromatic carbocycles. The maximum Gasteiger partial charge on any atom is 0.173 e. The topological polar surface area (TPSA) is 77.4 Å². The van der Waals surface area contributed by atoms with Crippen molar-refractivity contribution in [3.8, 4) is 0 Å². The van der Waals surface area contributed by atoms with E-state index in [0.29, 0.717) is 65.0 Å². The Labute approximate surface area is 196 Å². The van der Waals surface area contributed by atoms with E-state index in [1.54, 1.807) is 0 Å². The van der Waals surface area contributed by atoms with Gasteiger partial charge in [-0.05, 0) is 36.8 Å². The fraction of sp³-hybridized carbons (Fsp3) is 0.556. The van der Waals surface area contributed by atoms with Gasteiger partial charge in [-0.2, -0.15) is 0 Å². The fourth-order valence-corrected chi connectivity index (χ4v) is 4.81. The molecule has 0 aromatic heterocycles. The number of rotatable bonds is 10. The Bertz CT molecular complexity index is 744. The Hall–Kier alpha value is -1.80. The Morgan fingerprint density at radius 1 is 0.697 bits per heavy atom. The summed E-state index contributed by atoms with van der Waals surface area (Å²) in [4.78, 5) is 0. The number of aliphatic hydroxyl groups excluding tert-OH is 2. The van der Waals surface area contributed by atoms with Crippen molar-refractivity contribution in [1.82, 2.24) is 0 Å². The fourth-order valence-electron chi connectivity index (χ4n) is 4.81. The molecule has 0 bridgehead atoms. The molecule has 2 aromatic rings. The molecular formula is C27H36O6. The maximum absolute atomic E-state index is 10.5. The highest BCUT2D eigenvalue weighted by Gasteiger charge is 2.47. The predicted octanol–water partition coefficient (Wildman–Crippen LogP) is 3.98. The quantitative estimate of drug-likeness (QED) is 0.527. The van der Waals surface area contributed by atoms with Gasteiger partial charge in [-0.25, -0.2) is 0 Å². The minimum Gasteiger partial charge on any atom is -0.393 e. The molecule has 2 unspecified atom stereocenters. The van der Waals surface area contributed by atoms with Crippen molar-refractivity contribution in [1.29, 1.82) is 0 Å². The van der Waals surface area contributed by atoms with E-state index in [2.05, 4.69) is 0 Å². The van der Waals surface area contributed by atoms with Gasteiger partial charge in [0.05, 0.1) is 37.6 Å². The van der Waals surface area contributed by atoms with Gasteiger partial charge < -0.3 is 29.2 Å². The van der Waals surface area contributed by atoms with Crippen LogP contribution in [-0.2, 0) is 32.2 Å². The first-order valence-electron chi connectivity index (χ1n) is 12.1. The third-order valence-electron chi connectivity index (χ3n) is 6.32. The average Bonchev–Trinajstić information content (AvgIpc) is 2.80. The molecule has 0 saturated carbocycles. The molecule has 1 spiro atoms. The molecule has 2 fully saturated rings. The first-order chi connectivity index (χ1) is 16.1. The molecule has 6 nitrogen and oxygen atoms in total. The van der Waals surface area contributed by atoms with Crippen molar-refractivity contribution < 1.29 is 29.2 Å². The molecule has 33 heavy (non-hydrogen) atoms. The van der Waals surface area contributed by atoms with E-state index in [0.717, 1.165) is 11.1 Å². The van der Waals surface area contributed by atoms with Crippen LogP contribution in [0.5, 0.6) is 0 Å². The maximum atomic E-state index is 10.5. The second-order valence-electron chi connectivity index (χ2n) is 9.23. The SMILES string of the molecule is O[C@H]1CC(CCOCc2ccccc2)OC2(C1)C[C@@H](O)C[C@H](CCOCc1ccccc1)O2. The molecule has 2 N–H and O–H groups in total. The van der Waals surface area contributed by atoms with E-state index in [1.807, 2.05) is 60.7 Å². The smallest absolute Gasteiger partial charge is 0.173 e. The molecule has 4 rings (SSSR count). The van der Waals surface area contributed by atoms with Crippen LogP contribution < -0.4 is 0 Å². The lowest BCUT2D eigenvalue weighted by Gasteiger charge is -2.48. The lowest BCUT2D eigenvalue weighted by molar-refractivity contribution is -0.340. The van der Waals surface area contributed by atoms with E-state index in [1.165, 1.54) is 0 Å². The van der Waals surface area contributed by atoms with Crippen LogP contribution in [0.25, 0.3) is 0 Å². The van der Waals surface area contributed by atoms with Crippen molar-refractivity contribution in [2.45, 2.75) is 81.9 Å². The van der Waals surface area contributed by atoms with Crippen LogP contribution in [-0.4, -0.2) is 53.6 Å². The molecule has 180 valence electrons. The van der Waals surface area contributed by atoms with E-state index in [9.17, 15) is 10.2 Å². The van der Waals surface area contributed by atoms with Crippen molar-refractivity contribution in [3.63, 3.8) is 0 Å². The van der Waals surface area contributed by atoms with Crippen molar-refractivity contribution in [3.05, 3.63) is 71.8 Å². The average molecular weight is 457 g/mol. The van der Waals surface area contributed by atoms with Crippen LogP contribution in [0.1, 0.15) is 49.7 Å². The summed E-state index contributed by atoms with van der Waals surface area (Å²) in [5.74, 6) is -0.941. The van der Waals surface area contributed by atoms with E-state index >= 15 is 0 Å². The van der Waals surface area contributed by atoms with Crippen LogP contribution in [0.15, 0.2) is 60.7 Å². The van der Waals surface area contributed by atoms with Gasteiger partial charge in [-0.1, -0.05) is 60.7 Å². The van der Waals surface area contributed by atoms with E-state index in [4.69, 9.17) is 18.9 Å². The zero-order valence-corrected chi connectivity index (χ0v) is 19.2. The molecule has 0 amide bonds. The Balaban J connectivity index is 1.23. The number of hydrogen-bond donors (Lipinski definition) is 2. The van der Waals surface area contributed by atoms with Crippen LogP contribution in [0.4, 0.5) is 0 Å². The Morgan fingerprint density at radius 2 is 1.12 bits per heavy atom. The van der Waals surface area contributed by atoms with Crippen molar-refractivity contribution in [2.75, 3.05) is 13.2 Å². The van der Waals surface area contributed by atoms with Crippen LogP contribution >= 0.6 is 0 Å². The molecule has 2 aliphatic heterocycles. The summed E-state index contributed by atoms with van der Waals surface area (Å²) >= 11 is 0. The molecule has 0 aliphatic carbocycles. The third kappa shape index (κ3) is 7.60. The number of aliphatic hydroxyl groups is 2. The highest BCUT2D eigenvalue weighted by molar-refractivity contribution is 5.14. The normalized spacial score (nSPS) is 29.9. The summed E-state index contributed by atoms with van der Waals surface area (Å²) in [6, 6.07) is 20.1. The van der Waals surface area contributed by atoms with Gasteiger partial charge in [-0.15, -0.1) is 0 Å². The number of benzene rings is 2. The van der Waals surface area contributed by atoms with Crippen molar-refractivity contribution >= 4 is 0 Å². The summed E-state index contributed by atoms with van der Waals surface area (Å²) in [5.41, 5.74) is 2.27. The molecule has 2 heterocycles. The summed E-state index contributed by atoms with van der Waals surface area (Å²) in [7, 11) is 0. The van der Waals surface area contributed by atoms with Crippen LogP contribution in [0.2, 0.25) is 0 Å². The van der Waals surface area contributed by atoms with Crippen LogP contribution in [0, 0.1) is 0 Å². The largest absolute Gasteiger partial charge is 0.393 e. The van der Waals surface area contributed by atoms with Gasteiger partial charge >= 0.3 is 0 Å². The number of hydrogen-bond acceptors (Lipinski definition) is 6. The standard InChI is InChI=1S/C27H36O6/c28-23-15-25(11-13-30-19-21-7-3-1-4-8-21)32-27(17-23)18-24(29)16-26(33-27)12-14-31-20-22-9-5-2-6-10-22/h1-10,23-26,28-29H,11-20H2/t23-,24-,25-,26?,27?/m0/s1. The summed E-state index contributed by atoms with van der Waals surface area (Å²) < 4.78 is 24.3. The lowest BCUT2D eigenvalue weighted by atomic mass is 9.88. The zero-order valence-electron chi connectivity index (χ0n) is 19.2. The van der Waals surface area contributed by atoms with Gasteiger partial charge in [0.15, 0.2) is 5.79 Å². The summed E-state index contributed by atoms with van der Waals surface area (Å²) in [6.45, 7) is 2.20. The van der Waals surface area contributed by atoms with Gasteiger partial charge in [0.2, 0.25) is 0 Å². The zero-order chi connectivity index (χ0) is 22.9. The monoisotopic (exact) mass is 456 g/mol. The second kappa shape index (κ2) is 12.1. The predicted molar refractivity (Wildman–Crippen MR) is 124 cm³/mol. The van der Waals surface area contributed by atoms with Gasteiger partial charge in [0.1, 0.15) is 0 Å². The van der Waals surface area contributed by atoms with Gasteiger partial charge in [-0.3, -0.25) is 0 Å². The minimum atomic E-state index is -0.941. The highest BCUT2D eigenvalue weighted by atomic mass is 16.7. The lowest BCUT2D eigenvalue weighted by Crippen LogP contribution is -2.55. The molecule has 0 radical (unpaired) electrons. The number of ether oxygens (including phenoxy) is 4. The minimum absolute atomic E-state index is 0.162. The first kappa shape index (κ1) is 24.3. The van der Waals surface area contributed by atoms with E-state index in [-0.39, 0.29) is 12.2 Å². The van der Waals surface area contributed by atoms with Gasteiger partial charge in [0, 0.05) is 26.1 Å². The molecule has 2 aliphatic rings. The molecule has 5 atom stereocenters. The van der Waals surface area contributed by atoms with Crippen LogP contribution in [0.3, 0.4) is 0 Å². The highest BCUT2D eigenvalue weighted by Crippen LogP contribution is 2.40. The Kier molecular flexibility index (Phi) is 8.89. The third-order valence-corrected chi connectivity index (χ3v) is 6.32. The van der Waals surface area contributed by atoms with Crippen molar-refractivity contribution in [2.24, 2.45) is 0 Å². The van der Waals surface area contributed by atoms with E-state index < -0.39 is 18.0 Å². The molecule has 2 saturated heterocycles. The van der Waals surface area contributed by atoms with Gasteiger partial charge in [0.25, 0.3) is 0 Å².